The van der Waals surface area contributed by atoms with E-state index in [2.05, 4.69) is 191 Å². The molecule has 2 heterocycles. The minimum atomic E-state index is 0.659. The largest absolute Gasteiger partial charge is 0.309 e. The van der Waals surface area contributed by atoms with Gasteiger partial charge in [0.1, 0.15) is 0 Å². The second-order valence-electron chi connectivity index (χ2n) is 13.2. The number of fused-ring (bicyclic) bond motifs is 6. The topological polar surface area (TPSA) is 33.6 Å². The molecule has 0 aliphatic carbocycles. The van der Waals surface area contributed by atoms with Gasteiger partial charge in [-0.1, -0.05) is 140 Å². The van der Waals surface area contributed by atoms with E-state index in [9.17, 15) is 5.26 Å². The Bertz CT molecular complexity index is 2960. The molecule has 0 saturated heterocycles. The molecular formula is C49H31N3. The fourth-order valence-electron chi connectivity index (χ4n) is 8.10. The average molecular weight is 662 g/mol. The molecule has 3 nitrogen and oxygen atoms in total. The van der Waals surface area contributed by atoms with Gasteiger partial charge in [0.05, 0.1) is 39.4 Å². The second kappa shape index (κ2) is 12.0. The Kier molecular flexibility index (Phi) is 6.87. The summed E-state index contributed by atoms with van der Waals surface area (Å²) < 4.78 is 4.79. The highest BCUT2D eigenvalue weighted by atomic mass is 15.0. The summed E-state index contributed by atoms with van der Waals surface area (Å²) >= 11 is 0. The molecule has 2 aromatic heterocycles. The normalized spacial score (nSPS) is 11.4. The van der Waals surface area contributed by atoms with E-state index in [0.29, 0.717) is 5.56 Å². The van der Waals surface area contributed by atoms with E-state index in [1.165, 1.54) is 32.9 Å². The molecule has 0 aliphatic rings. The molecule has 242 valence electrons. The van der Waals surface area contributed by atoms with Gasteiger partial charge >= 0.3 is 0 Å². The van der Waals surface area contributed by atoms with E-state index in [4.69, 9.17) is 0 Å². The van der Waals surface area contributed by atoms with E-state index in [0.717, 1.165) is 55.4 Å². The predicted octanol–water partition coefficient (Wildman–Crippen LogP) is 12.8. The van der Waals surface area contributed by atoms with E-state index in [-0.39, 0.29) is 0 Å². The maximum Gasteiger partial charge on any atom is 0.0991 e. The molecule has 52 heavy (non-hydrogen) atoms. The fraction of sp³-hybridized carbons (Fsp3) is 0. The van der Waals surface area contributed by atoms with Gasteiger partial charge in [0.2, 0.25) is 0 Å². The van der Waals surface area contributed by atoms with Crippen molar-refractivity contribution in [2.45, 2.75) is 0 Å². The maximum atomic E-state index is 9.74. The van der Waals surface area contributed by atoms with Gasteiger partial charge in [-0.3, -0.25) is 0 Å². The maximum absolute atomic E-state index is 9.74. The van der Waals surface area contributed by atoms with E-state index in [1.807, 2.05) is 12.1 Å². The van der Waals surface area contributed by atoms with E-state index >= 15 is 0 Å². The Labute approximate surface area is 301 Å². The van der Waals surface area contributed by atoms with Crippen LogP contribution >= 0.6 is 0 Å². The first-order chi connectivity index (χ1) is 25.8. The molecule has 0 saturated carbocycles. The number of rotatable bonds is 5. The summed E-state index contributed by atoms with van der Waals surface area (Å²) in [7, 11) is 0. The van der Waals surface area contributed by atoms with Crippen LogP contribution in [0.25, 0.3) is 88.4 Å². The SMILES string of the molecule is N#Cc1ccc2c(c1)c1ccccc1n2-c1ccc(-c2cccc(-c3ccccc3)c2-n2c3ccccc3c3ccccc32)c(-c2ccccc2)c1. The van der Waals surface area contributed by atoms with Crippen molar-refractivity contribution in [1.82, 2.24) is 9.13 Å². The van der Waals surface area contributed by atoms with Crippen molar-refractivity contribution in [3.8, 4) is 50.8 Å². The average Bonchev–Trinajstić information content (AvgIpc) is 3.73. The van der Waals surface area contributed by atoms with Crippen LogP contribution in [-0.2, 0) is 0 Å². The summed E-state index contributed by atoms with van der Waals surface area (Å²) in [5.74, 6) is 0. The molecule has 0 bridgehead atoms. The second-order valence-corrected chi connectivity index (χ2v) is 13.2. The van der Waals surface area contributed by atoms with Crippen LogP contribution in [0.15, 0.2) is 188 Å². The summed E-state index contributed by atoms with van der Waals surface area (Å²) in [6, 6.07) is 69.3. The van der Waals surface area contributed by atoms with Gasteiger partial charge in [-0.25, -0.2) is 0 Å². The van der Waals surface area contributed by atoms with Crippen LogP contribution in [-0.4, -0.2) is 9.13 Å². The molecular weight excluding hydrogens is 631 g/mol. The number of aromatic nitrogens is 2. The van der Waals surface area contributed by atoms with Crippen LogP contribution in [0, 0.1) is 11.3 Å². The lowest BCUT2D eigenvalue weighted by Crippen LogP contribution is -2.02. The third kappa shape index (κ3) is 4.59. The minimum absolute atomic E-state index is 0.659. The van der Waals surface area contributed by atoms with E-state index < -0.39 is 0 Å². The first-order valence-electron chi connectivity index (χ1n) is 17.6. The number of hydrogen-bond donors (Lipinski definition) is 0. The summed E-state index contributed by atoms with van der Waals surface area (Å²) in [4.78, 5) is 0. The van der Waals surface area contributed by atoms with Crippen molar-refractivity contribution in [3.63, 3.8) is 0 Å². The molecule has 0 aliphatic heterocycles. The molecule has 0 unspecified atom stereocenters. The van der Waals surface area contributed by atoms with Gasteiger partial charge in [0.15, 0.2) is 0 Å². The molecule has 10 aromatic rings. The standard InChI is InChI=1S/C49H31N3/c50-32-33-26-29-48-44(30-33)41-20-9-10-23-45(41)51(48)36-27-28-38(43(31-36)35-16-5-2-6-17-35)42-22-13-21-37(34-14-3-1-4-15-34)49(42)52-46-24-11-7-18-39(46)40-19-8-12-25-47(40)52/h1-31H. The molecule has 0 spiro atoms. The van der Waals surface area contributed by atoms with Crippen molar-refractivity contribution in [2.24, 2.45) is 0 Å². The van der Waals surface area contributed by atoms with Gasteiger partial charge in [0.25, 0.3) is 0 Å². The van der Waals surface area contributed by atoms with Crippen molar-refractivity contribution in [1.29, 1.82) is 5.26 Å². The highest BCUT2D eigenvalue weighted by Crippen LogP contribution is 2.45. The summed E-state index contributed by atoms with van der Waals surface area (Å²) in [5.41, 5.74) is 14.3. The zero-order chi connectivity index (χ0) is 34.6. The van der Waals surface area contributed by atoms with Crippen molar-refractivity contribution >= 4 is 43.6 Å². The molecule has 0 amide bonds. The Morgan fingerprint density at radius 3 is 1.50 bits per heavy atom. The Balaban J connectivity index is 1.31. The third-order valence-electron chi connectivity index (χ3n) is 10.4. The Morgan fingerprint density at radius 2 is 0.865 bits per heavy atom. The molecule has 0 N–H and O–H groups in total. The molecule has 0 atom stereocenters. The molecule has 0 radical (unpaired) electrons. The van der Waals surface area contributed by atoms with Gasteiger partial charge in [-0.15, -0.1) is 0 Å². The summed E-state index contributed by atoms with van der Waals surface area (Å²) in [6.45, 7) is 0. The van der Waals surface area contributed by atoms with Crippen molar-refractivity contribution in [3.05, 3.63) is 194 Å². The summed E-state index contributed by atoms with van der Waals surface area (Å²) in [6.07, 6.45) is 0. The molecule has 10 rings (SSSR count). The Hall–Kier alpha value is -7.15. The van der Waals surface area contributed by atoms with Crippen LogP contribution in [0.1, 0.15) is 5.56 Å². The fourth-order valence-corrected chi connectivity index (χ4v) is 8.10. The quantitative estimate of drug-likeness (QED) is 0.181. The zero-order valence-corrected chi connectivity index (χ0v) is 28.2. The monoisotopic (exact) mass is 661 g/mol. The highest BCUT2D eigenvalue weighted by Gasteiger charge is 2.22. The molecule has 0 fully saturated rings. The van der Waals surface area contributed by atoms with Crippen LogP contribution in [0.2, 0.25) is 0 Å². The van der Waals surface area contributed by atoms with Gasteiger partial charge < -0.3 is 9.13 Å². The smallest absolute Gasteiger partial charge is 0.0991 e. The number of benzene rings is 8. The number of hydrogen-bond acceptors (Lipinski definition) is 1. The van der Waals surface area contributed by atoms with Crippen LogP contribution in [0.3, 0.4) is 0 Å². The van der Waals surface area contributed by atoms with Gasteiger partial charge in [-0.2, -0.15) is 5.26 Å². The number of para-hydroxylation sites is 4. The predicted molar refractivity (Wildman–Crippen MR) is 216 cm³/mol. The van der Waals surface area contributed by atoms with Crippen LogP contribution < -0.4 is 0 Å². The van der Waals surface area contributed by atoms with Crippen molar-refractivity contribution in [2.75, 3.05) is 0 Å². The van der Waals surface area contributed by atoms with Crippen molar-refractivity contribution < 1.29 is 0 Å². The van der Waals surface area contributed by atoms with E-state index in [1.54, 1.807) is 0 Å². The lowest BCUT2D eigenvalue weighted by molar-refractivity contribution is 1.17. The minimum Gasteiger partial charge on any atom is -0.309 e. The highest BCUT2D eigenvalue weighted by molar-refractivity contribution is 6.12. The first kappa shape index (κ1) is 29.7. The van der Waals surface area contributed by atoms with Crippen LogP contribution in [0.5, 0.6) is 0 Å². The Morgan fingerprint density at radius 1 is 0.346 bits per heavy atom. The van der Waals surface area contributed by atoms with Gasteiger partial charge in [-0.05, 0) is 70.8 Å². The van der Waals surface area contributed by atoms with Crippen LogP contribution in [0.4, 0.5) is 0 Å². The third-order valence-corrected chi connectivity index (χ3v) is 10.4. The zero-order valence-electron chi connectivity index (χ0n) is 28.2. The number of nitriles is 1. The lowest BCUT2D eigenvalue weighted by Gasteiger charge is -2.21. The summed E-state index contributed by atoms with van der Waals surface area (Å²) in [5, 5.41) is 14.4. The number of nitrogens with zero attached hydrogens (tertiary/aromatic N) is 3. The lowest BCUT2D eigenvalue weighted by atomic mass is 9.90. The molecule has 8 aromatic carbocycles. The molecule has 3 heteroatoms. The first-order valence-corrected chi connectivity index (χ1v) is 17.6. The van der Waals surface area contributed by atoms with Gasteiger partial charge in [0, 0.05) is 38.4 Å².